The summed E-state index contributed by atoms with van der Waals surface area (Å²) in [6, 6.07) is 18.8. The zero-order valence-electron chi connectivity index (χ0n) is 17.7. The highest BCUT2D eigenvalue weighted by atomic mass is 79.9. The van der Waals surface area contributed by atoms with Gasteiger partial charge >= 0.3 is 11.8 Å². The van der Waals surface area contributed by atoms with Gasteiger partial charge in [-0.05, 0) is 79.2 Å². The number of fused-ring (bicyclic) bond motifs is 1. The molecule has 0 saturated heterocycles. The summed E-state index contributed by atoms with van der Waals surface area (Å²) in [7, 11) is 0. The van der Waals surface area contributed by atoms with Gasteiger partial charge in [0.15, 0.2) is 0 Å². The van der Waals surface area contributed by atoms with E-state index in [0.29, 0.717) is 27.3 Å². The minimum Gasteiger partial charge on any atom is -0.321 e. The average Bonchev–Trinajstić information content (AvgIpc) is 3.15. The number of carbonyl (C=O) groups excluding carboxylic acids is 3. The number of rotatable bonds is 4. The highest BCUT2D eigenvalue weighted by Crippen LogP contribution is 2.24. The fourth-order valence-electron chi connectivity index (χ4n) is 3.26. The second-order valence-electron chi connectivity index (χ2n) is 7.39. The molecule has 10 heteroatoms. The molecule has 0 aliphatic rings. The van der Waals surface area contributed by atoms with Crippen LogP contribution >= 0.6 is 43.5 Å². The Labute approximate surface area is 216 Å². The Balaban J connectivity index is 1.61. The summed E-state index contributed by atoms with van der Waals surface area (Å²) in [4.78, 5) is 38.4. The van der Waals surface area contributed by atoms with Crippen LogP contribution in [-0.4, -0.2) is 22.4 Å². The molecule has 0 atom stereocenters. The van der Waals surface area contributed by atoms with Crippen molar-refractivity contribution in [1.82, 2.24) is 4.68 Å². The Kier molecular flexibility index (Phi) is 7.06. The molecular formula is C24H17Br2ClN4O3. The number of nitrogens with zero attached hydrogens (tertiary/aromatic N) is 1. The minimum atomic E-state index is -0.929. The Morgan fingerprint density at radius 2 is 1.53 bits per heavy atom. The van der Waals surface area contributed by atoms with E-state index in [0.717, 1.165) is 14.5 Å². The molecule has 0 spiro atoms. The van der Waals surface area contributed by atoms with Crippen LogP contribution in [0.15, 0.2) is 75.7 Å². The van der Waals surface area contributed by atoms with Crippen LogP contribution in [0.4, 0.5) is 11.4 Å². The van der Waals surface area contributed by atoms with Crippen LogP contribution in [0.2, 0.25) is 5.02 Å². The fraction of sp³-hybridized carbons (Fsp3) is 0.0417. The molecule has 3 aromatic carbocycles. The predicted octanol–water partition coefficient (Wildman–Crippen LogP) is 6.09. The number of anilines is 2. The molecule has 1 heterocycles. The number of carbonyl (C=O) groups is 3. The maximum absolute atomic E-state index is 13.1. The van der Waals surface area contributed by atoms with Gasteiger partial charge in [0.2, 0.25) is 0 Å². The van der Waals surface area contributed by atoms with Crippen molar-refractivity contribution in [2.45, 2.75) is 6.92 Å². The Morgan fingerprint density at radius 3 is 2.24 bits per heavy atom. The molecule has 0 unspecified atom stereocenters. The Morgan fingerprint density at radius 1 is 0.824 bits per heavy atom. The maximum Gasteiger partial charge on any atom is 0.328 e. The molecular weight excluding hydrogens is 588 g/mol. The zero-order valence-corrected chi connectivity index (χ0v) is 21.6. The van der Waals surface area contributed by atoms with Crippen LogP contribution < -0.4 is 16.1 Å². The summed E-state index contributed by atoms with van der Waals surface area (Å²) in [5.41, 5.74) is 5.13. The van der Waals surface area contributed by atoms with Gasteiger partial charge in [0.05, 0.1) is 5.52 Å². The summed E-state index contributed by atoms with van der Waals surface area (Å²) in [6.07, 6.45) is 0. The molecule has 7 nitrogen and oxygen atoms in total. The Hall–Kier alpha value is -3.14. The predicted molar refractivity (Wildman–Crippen MR) is 141 cm³/mol. The lowest BCUT2D eigenvalue weighted by molar-refractivity contribution is -0.133. The van der Waals surface area contributed by atoms with E-state index in [9.17, 15) is 14.4 Å². The molecule has 0 aliphatic heterocycles. The van der Waals surface area contributed by atoms with Gasteiger partial charge in [-0.3, -0.25) is 19.8 Å². The normalized spacial score (nSPS) is 10.7. The highest BCUT2D eigenvalue weighted by molar-refractivity contribution is 9.10. The van der Waals surface area contributed by atoms with E-state index in [1.807, 2.05) is 13.0 Å². The summed E-state index contributed by atoms with van der Waals surface area (Å²) in [5, 5.41) is 6.57. The Bertz CT molecular complexity index is 1430. The van der Waals surface area contributed by atoms with Crippen molar-refractivity contribution in [2.24, 2.45) is 0 Å². The molecule has 0 radical (unpaired) electrons. The SMILES string of the molecule is Cc1cc(NC(=O)C(=O)Nn2c(C(=O)Nc3ccc(Cl)cc3)cc3cc(Br)ccc32)ccc1Br. The number of nitrogens with one attached hydrogen (secondary N) is 3. The van der Waals surface area contributed by atoms with Crippen molar-refractivity contribution in [2.75, 3.05) is 16.1 Å². The van der Waals surface area contributed by atoms with E-state index in [1.54, 1.807) is 60.7 Å². The van der Waals surface area contributed by atoms with Gasteiger partial charge in [0.25, 0.3) is 5.91 Å². The molecule has 0 saturated carbocycles. The number of halogens is 3. The molecule has 3 N–H and O–H groups in total. The van der Waals surface area contributed by atoms with Crippen molar-refractivity contribution >= 4 is 83.5 Å². The first-order valence-electron chi connectivity index (χ1n) is 9.97. The average molecular weight is 605 g/mol. The van der Waals surface area contributed by atoms with Gasteiger partial charge in [-0.25, -0.2) is 4.68 Å². The fourth-order valence-corrected chi connectivity index (χ4v) is 4.02. The van der Waals surface area contributed by atoms with E-state index < -0.39 is 17.7 Å². The smallest absolute Gasteiger partial charge is 0.321 e. The lowest BCUT2D eigenvalue weighted by atomic mass is 10.2. The molecule has 34 heavy (non-hydrogen) atoms. The third-order valence-corrected chi connectivity index (χ3v) is 6.57. The lowest BCUT2D eigenvalue weighted by Crippen LogP contribution is -2.36. The summed E-state index contributed by atoms with van der Waals surface area (Å²) in [6.45, 7) is 1.87. The molecule has 0 aliphatic carbocycles. The van der Waals surface area contributed by atoms with Crippen molar-refractivity contribution in [1.29, 1.82) is 0 Å². The number of aromatic nitrogens is 1. The topological polar surface area (TPSA) is 92.2 Å². The molecule has 1 aromatic heterocycles. The zero-order chi connectivity index (χ0) is 24.4. The van der Waals surface area contributed by atoms with E-state index in [-0.39, 0.29) is 5.69 Å². The maximum atomic E-state index is 13.1. The van der Waals surface area contributed by atoms with Crippen LogP contribution in [-0.2, 0) is 9.59 Å². The molecule has 3 amide bonds. The van der Waals surface area contributed by atoms with Crippen LogP contribution in [0.25, 0.3) is 10.9 Å². The summed E-state index contributed by atoms with van der Waals surface area (Å²) in [5.74, 6) is -2.27. The number of hydrogen-bond donors (Lipinski definition) is 3. The summed E-state index contributed by atoms with van der Waals surface area (Å²) < 4.78 is 2.98. The number of aryl methyl sites for hydroxylation is 1. The van der Waals surface area contributed by atoms with E-state index in [1.165, 1.54) is 4.68 Å². The first-order valence-corrected chi connectivity index (χ1v) is 11.9. The third-order valence-electron chi connectivity index (χ3n) is 4.93. The van der Waals surface area contributed by atoms with Crippen molar-refractivity contribution < 1.29 is 14.4 Å². The van der Waals surface area contributed by atoms with Gasteiger partial charge in [0.1, 0.15) is 5.69 Å². The van der Waals surface area contributed by atoms with Gasteiger partial charge in [-0.2, -0.15) is 0 Å². The monoisotopic (exact) mass is 602 g/mol. The molecule has 172 valence electrons. The molecule has 0 fully saturated rings. The van der Waals surface area contributed by atoms with Crippen LogP contribution in [0.5, 0.6) is 0 Å². The minimum absolute atomic E-state index is 0.142. The highest BCUT2D eigenvalue weighted by Gasteiger charge is 2.21. The van der Waals surface area contributed by atoms with Gasteiger partial charge in [-0.15, -0.1) is 0 Å². The first-order chi connectivity index (χ1) is 16.2. The second-order valence-corrected chi connectivity index (χ2v) is 9.59. The van der Waals surface area contributed by atoms with Gasteiger partial charge in [0, 0.05) is 30.7 Å². The lowest BCUT2D eigenvalue weighted by Gasteiger charge is -2.13. The number of amides is 3. The van der Waals surface area contributed by atoms with Crippen molar-refractivity contribution in [3.05, 3.63) is 92.0 Å². The standard InChI is InChI=1S/C24H17Br2ClN4O3/c1-13-10-18(7-8-19(13)26)29-23(33)24(34)30-31-20-9-2-15(25)11-14(20)12-21(31)22(32)28-17-5-3-16(27)4-6-17/h2-12H,1H3,(H,28,32)(H,29,33)(H,30,34). The van der Waals surface area contributed by atoms with E-state index in [4.69, 9.17) is 11.6 Å². The van der Waals surface area contributed by atoms with Crippen molar-refractivity contribution in [3.63, 3.8) is 0 Å². The first kappa shape index (κ1) is 24.0. The largest absolute Gasteiger partial charge is 0.328 e. The number of hydrogen-bond acceptors (Lipinski definition) is 3. The molecule has 4 aromatic rings. The quantitative estimate of drug-likeness (QED) is 0.246. The van der Waals surface area contributed by atoms with Crippen molar-refractivity contribution in [3.8, 4) is 0 Å². The molecule has 4 rings (SSSR count). The number of benzene rings is 3. The van der Waals surface area contributed by atoms with Crippen LogP contribution in [0, 0.1) is 6.92 Å². The van der Waals surface area contributed by atoms with Gasteiger partial charge in [-0.1, -0.05) is 43.5 Å². The second kappa shape index (κ2) is 10.0. The van der Waals surface area contributed by atoms with Crippen LogP contribution in [0.1, 0.15) is 16.1 Å². The molecule has 0 bridgehead atoms. The van der Waals surface area contributed by atoms with E-state index >= 15 is 0 Å². The third kappa shape index (κ3) is 5.32. The van der Waals surface area contributed by atoms with E-state index in [2.05, 4.69) is 47.9 Å². The van der Waals surface area contributed by atoms with Gasteiger partial charge < -0.3 is 10.6 Å². The van der Waals surface area contributed by atoms with Crippen LogP contribution in [0.3, 0.4) is 0 Å². The summed E-state index contributed by atoms with van der Waals surface area (Å²) >= 11 is 12.7.